The molecule has 8 heteroatoms. The summed E-state index contributed by atoms with van der Waals surface area (Å²) in [5.74, 6) is 1.28. The Balaban J connectivity index is 1.21. The maximum Gasteiger partial charge on any atom is 0.163 e. The number of fused-ring (bicyclic) bond motifs is 1. The molecule has 0 spiro atoms. The molecule has 0 amide bonds. The van der Waals surface area contributed by atoms with Crippen LogP contribution in [0.1, 0.15) is 51.0 Å². The molecule has 2 N–H and O–H groups in total. The zero-order valence-corrected chi connectivity index (χ0v) is 24.1. The number of ether oxygens (including phenoxy) is 1. The summed E-state index contributed by atoms with van der Waals surface area (Å²) in [6.45, 7) is 4.65. The average Bonchev–Trinajstić information content (AvgIpc) is 3.58. The summed E-state index contributed by atoms with van der Waals surface area (Å²) in [6, 6.07) is 21.7. The number of nitrogens with zero attached hydrogens (tertiary/aromatic N) is 3. The number of carbonyl (C=O) groups excluding carboxylic acids is 1. The summed E-state index contributed by atoms with van der Waals surface area (Å²) in [6.07, 6.45) is 3.36. The highest BCUT2D eigenvalue weighted by Crippen LogP contribution is 2.38. The lowest BCUT2D eigenvalue weighted by Gasteiger charge is -2.17. The van der Waals surface area contributed by atoms with Gasteiger partial charge in [0.2, 0.25) is 0 Å². The van der Waals surface area contributed by atoms with Gasteiger partial charge in [-0.25, -0.2) is 4.98 Å². The second kappa shape index (κ2) is 11.9. The van der Waals surface area contributed by atoms with E-state index >= 15 is 0 Å². The van der Waals surface area contributed by atoms with Crippen LogP contribution in [-0.4, -0.2) is 40.0 Å². The third-order valence-corrected chi connectivity index (χ3v) is 8.55. The Morgan fingerprint density at radius 2 is 1.95 bits per heavy atom. The highest BCUT2D eigenvalue weighted by molar-refractivity contribution is 6.36. The number of carbonyl (C=O) groups is 1. The van der Waals surface area contributed by atoms with Crippen LogP contribution in [-0.2, 0) is 19.6 Å². The van der Waals surface area contributed by atoms with Gasteiger partial charge in [-0.05, 0) is 77.9 Å². The van der Waals surface area contributed by atoms with Gasteiger partial charge in [0.05, 0.1) is 22.4 Å². The Bertz CT molecular complexity index is 1710. The first-order chi connectivity index (χ1) is 20.4. The first-order valence-corrected chi connectivity index (χ1v) is 14.5. The molecule has 42 heavy (non-hydrogen) atoms. The molecule has 3 aromatic carbocycles. The number of aromatic nitrogens is 1. The van der Waals surface area contributed by atoms with Crippen LogP contribution >= 0.6 is 11.6 Å². The summed E-state index contributed by atoms with van der Waals surface area (Å²) in [5.41, 5.74) is 7.61. The summed E-state index contributed by atoms with van der Waals surface area (Å²) in [7, 11) is 0. The van der Waals surface area contributed by atoms with Gasteiger partial charge in [-0.3, -0.25) is 9.69 Å². The Labute approximate surface area is 250 Å². The van der Waals surface area contributed by atoms with Gasteiger partial charge in [-0.15, -0.1) is 0 Å². The molecule has 0 bridgehead atoms. The van der Waals surface area contributed by atoms with Crippen LogP contribution in [0, 0.1) is 18.3 Å². The molecule has 0 saturated carbocycles. The van der Waals surface area contributed by atoms with E-state index in [9.17, 15) is 15.2 Å². The van der Waals surface area contributed by atoms with E-state index in [1.165, 1.54) is 0 Å². The van der Waals surface area contributed by atoms with E-state index in [1.807, 2.05) is 55.5 Å². The Kier molecular flexibility index (Phi) is 7.94. The van der Waals surface area contributed by atoms with E-state index < -0.39 is 0 Å². The molecule has 1 aliphatic heterocycles. The standard InChI is InChI=1S/C34H31ClN4O3/c1-21-23(20-42-32-11-9-27-26(29(32)17-36)8-10-31(27)41)4-2-5-25(21)28-6-3-7-30(34(28)35)38-33-16-22(12-14-37-33)18-39-15-13-24(40)19-39/h2-7,9,11-12,14,16,24,40H,8,10,13,15,18-20H2,1H3,(H,37,38)/t24-/m1/s1. The van der Waals surface area contributed by atoms with Crippen molar-refractivity contribution in [2.75, 3.05) is 18.4 Å². The Hall–Kier alpha value is -4.22. The molecule has 1 atom stereocenters. The van der Waals surface area contributed by atoms with Crippen molar-refractivity contribution in [3.63, 3.8) is 0 Å². The molecular weight excluding hydrogens is 548 g/mol. The number of benzene rings is 3. The van der Waals surface area contributed by atoms with E-state index in [0.717, 1.165) is 58.6 Å². The van der Waals surface area contributed by atoms with E-state index in [2.05, 4.69) is 21.3 Å². The number of Topliss-reactive ketones (excluding diaryl/α,β-unsaturated/α-hetero) is 1. The van der Waals surface area contributed by atoms with Crippen molar-refractivity contribution >= 4 is 28.9 Å². The third-order valence-electron chi connectivity index (χ3n) is 8.15. The number of rotatable bonds is 8. The minimum absolute atomic E-state index is 0.0801. The predicted octanol–water partition coefficient (Wildman–Crippen LogP) is 6.60. The number of β-amino-alcohol motifs (C(OH)–C–C–N with tert-alkyl or cyclic N) is 1. The number of hydrogen-bond acceptors (Lipinski definition) is 7. The van der Waals surface area contributed by atoms with E-state index in [1.54, 1.807) is 18.3 Å². The first-order valence-electron chi connectivity index (χ1n) is 14.1. The number of aliphatic hydroxyl groups excluding tert-OH is 1. The summed E-state index contributed by atoms with van der Waals surface area (Å²) in [4.78, 5) is 18.8. The van der Waals surface area contributed by atoms with Gasteiger partial charge < -0.3 is 15.2 Å². The molecule has 0 radical (unpaired) electrons. The molecule has 1 saturated heterocycles. The van der Waals surface area contributed by atoms with Crippen LogP contribution in [0.3, 0.4) is 0 Å². The molecular formula is C34H31ClN4O3. The van der Waals surface area contributed by atoms with Gasteiger partial charge in [-0.1, -0.05) is 41.9 Å². The second-order valence-corrected chi connectivity index (χ2v) is 11.3. The second-order valence-electron chi connectivity index (χ2n) is 10.9. The average molecular weight is 579 g/mol. The number of anilines is 2. The fourth-order valence-corrected chi connectivity index (χ4v) is 6.15. The maximum atomic E-state index is 12.1. The van der Waals surface area contributed by atoms with E-state index in [4.69, 9.17) is 16.3 Å². The number of ketones is 1. The SMILES string of the molecule is Cc1c(COc2ccc3c(c2C#N)CCC3=O)cccc1-c1cccc(Nc2cc(CN3CC[C@@H](O)C3)ccn2)c1Cl. The van der Waals surface area contributed by atoms with Gasteiger partial charge in [0.25, 0.3) is 0 Å². The van der Waals surface area contributed by atoms with Gasteiger partial charge in [0.15, 0.2) is 5.78 Å². The Morgan fingerprint density at radius 1 is 1.12 bits per heavy atom. The first kappa shape index (κ1) is 27.9. The maximum absolute atomic E-state index is 12.1. The highest BCUT2D eigenvalue weighted by Gasteiger charge is 2.25. The van der Waals surface area contributed by atoms with Crippen molar-refractivity contribution in [1.29, 1.82) is 5.26 Å². The van der Waals surface area contributed by atoms with Crippen molar-refractivity contribution in [1.82, 2.24) is 9.88 Å². The fourth-order valence-electron chi connectivity index (χ4n) is 5.88. The molecule has 6 rings (SSSR count). The van der Waals surface area contributed by atoms with Crippen LogP contribution in [0.15, 0.2) is 66.9 Å². The monoisotopic (exact) mass is 578 g/mol. The minimum Gasteiger partial charge on any atom is -0.488 e. The van der Waals surface area contributed by atoms with Crippen molar-refractivity contribution in [2.45, 2.75) is 45.4 Å². The van der Waals surface area contributed by atoms with Gasteiger partial charge in [0.1, 0.15) is 24.2 Å². The topological polar surface area (TPSA) is 98.5 Å². The molecule has 4 aromatic rings. The van der Waals surface area contributed by atoms with E-state index in [0.29, 0.717) is 47.1 Å². The van der Waals surface area contributed by atoms with Crippen LogP contribution in [0.25, 0.3) is 11.1 Å². The van der Waals surface area contributed by atoms with Gasteiger partial charge in [-0.2, -0.15) is 5.26 Å². The van der Waals surface area contributed by atoms with Crippen molar-refractivity contribution in [3.8, 4) is 22.9 Å². The number of nitrogens with one attached hydrogen (secondary N) is 1. The number of likely N-dealkylation sites (tertiary alicyclic amines) is 1. The summed E-state index contributed by atoms with van der Waals surface area (Å²) < 4.78 is 6.14. The molecule has 1 fully saturated rings. The number of hydrogen-bond donors (Lipinski definition) is 2. The fraction of sp³-hybridized carbons (Fsp3) is 0.265. The summed E-state index contributed by atoms with van der Waals surface area (Å²) in [5, 5.41) is 23.6. The Morgan fingerprint density at radius 3 is 2.76 bits per heavy atom. The molecule has 212 valence electrons. The zero-order valence-electron chi connectivity index (χ0n) is 23.4. The zero-order chi connectivity index (χ0) is 29.2. The molecule has 0 unspecified atom stereocenters. The minimum atomic E-state index is -0.250. The molecule has 7 nitrogen and oxygen atoms in total. The lowest BCUT2D eigenvalue weighted by molar-refractivity contribution is 0.0994. The number of pyridine rings is 1. The third kappa shape index (κ3) is 5.62. The van der Waals surface area contributed by atoms with Crippen molar-refractivity contribution < 1.29 is 14.6 Å². The highest BCUT2D eigenvalue weighted by atomic mass is 35.5. The predicted molar refractivity (Wildman–Crippen MR) is 163 cm³/mol. The van der Waals surface area contributed by atoms with Crippen LogP contribution in [0.5, 0.6) is 5.75 Å². The van der Waals surface area contributed by atoms with Crippen LogP contribution < -0.4 is 10.1 Å². The molecule has 1 aliphatic carbocycles. The van der Waals surface area contributed by atoms with Crippen molar-refractivity contribution in [2.24, 2.45) is 0 Å². The molecule has 1 aromatic heterocycles. The quantitative estimate of drug-likeness (QED) is 0.243. The van der Waals surface area contributed by atoms with Gasteiger partial charge >= 0.3 is 0 Å². The number of halogens is 1. The number of nitriles is 1. The van der Waals surface area contributed by atoms with Crippen LogP contribution in [0.4, 0.5) is 11.5 Å². The van der Waals surface area contributed by atoms with E-state index in [-0.39, 0.29) is 18.5 Å². The number of aliphatic hydroxyl groups is 1. The van der Waals surface area contributed by atoms with Crippen molar-refractivity contribution in [3.05, 3.63) is 105 Å². The lowest BCUT2D eigenvalue weighted by atomic mass is 9.96. The molecule has 2 aliphatic rings. The smallest absolute Gasteiger partial charge is 0.163 e. The largest absolute Gasteiger partial charge is 0.488 e. The normalized spacial score (nSPS) is 16.3. The van der Waals surface area contributed by atoms with Crippen LogP contribution in [0.2, 0.25) is 5.02 Å². The van der Waals surface area contributed by atoms with Gasteiger partial charge in [0, 0.05) is 43.4 Å². The molecule has 2 heterocycles. The lowest BCUT2D eigenvalue weighted by Crippen LogP contribution is -2.21. The summed E-state index contributed by atoms with van der Waals surface area (Å²) >= 11 is 6.97.